The molecule has 2 aromatic carbocycles. The number of aromatic nitrogens is 1. The van der Waals surface area contributed by atoms with Gasteiger partial charge in [-0.25, -0.2) is 0 Å². The van der Waals surface area contributed by atoms with Gasteiger partial charge in [0.1, 0.15) is 30.1 Å². The molecular formula is C17H10N3O2+. The maximum atomic E-state index is 9.20. The minimum absolute atomic E-state index is 0.323. The number of nitrogens with zero attached hydrogens (tertiary/aromatic N) is 3. The summed E-state index contributed by atoms with van der Waals surface area (Å²) in [5.74, 6) is 1.45. The van der Waals surface area contributed by atoms with Crippen molar-refractivity contribution in [3.05, 3.63) is 47.5 Å². The number of fused-ring (bicyclic) bond motifs is 5. The molecule has 1 aromatic heterocycles. The number of hydrogen-bond acceptors (Lipinski definition) is 4. The largest absolute Gasteiger partial charge is 0.486 e. The highest BCUT2D eigenvalue weighted by molar-refractivity contribution is 5.77. The zero-order valence-corrected chi connectivity index (χ0v) is 11.5. The fraction of sp³-hybridized carbons (Fsp3) is 0.118. The zero-order valence-electron chi connectivity index (χ0n) is 11.5. The molecule has 0 fully saturated rings. The van der Waals surface area contributed by atoms with Crippen molar-refractivity contribution in [1.82, 2.24) is 0 Å². The maximum absolute atomic E-state index is 9.20. The van der Waals surface area contributed by atoms with Crippen molar-refractivity contribution in [3.8, 4) is 29.3 Å². The fourth-order valence-electron chi connectivity index (χ4n) is 2.75. The summed E-state index contributed by atoms with van der Waals surface area (Å²) >= 11 is 0. The van der Waals surface area contributed by atoms with Gasteiger partial charge in [-0.3, -0.25) is 0 Å². The molecule has 0 atom stereocenters. The number of ether oxygens (including phenoxy) is 1. The first-order valence-electron chi connectivity index (χ1n) is 6.84. The van der Waals surface area contributed by atoms with Crippen LogP contribution in [0.15, 0.2) is 40.8 Å². The Labute approximate surface area is 126 Å². The van der Waals surface area contributed by atoms with Gasteiger partial charge in [-0.1, -0.05) is 12.1 Å². The van der Waals surface area contributed by atoms with Gasteiger partial charge in [0.05, 0.1) is 11.1 Å². The summed E-state index contributed by atoms with van der Waals surface area (Å²) in [7, 11) is 0. The summed E-state index contributed by atoms with van der Waals surface area (Å²) < 4.78 is 13.7. The first-order valence-corrected chi connectivity index (χ1v) is 6.84. The van der Waals surface area contributed by atoms with Crippen molar-refractivity contribution in [3.63, 3.8) is 0 Å². The Bertz CT molecular complexity index is 990. The van der Waals surface area contributed by atoms with Crippen molar-refractivity contribution in [2.24, 2.45) is 0 Å². The number of rotatable bonds is 0. The van der Waals surface area contributed by atoms with E-state index in [1.165, 1.54) is 0 Å². The van der Waals surface area contributed by atoms with Crippen molar-refractivity contribution >= 4 is 11.1 Å². The first kappa shape index (κ1) is 12.4. The summed E-state index contributed by atoms with van der Waals surface area (Å²) in [6.45, 7) is 1.14. The van der Waals surface area contributed by atoms with Crippen LogP contribution in [-0.4, -0.2) is 6.61 Å². The van der Waals surface area contributed by atoms with E-state index in [-0.39, 0.29) is 0 Å². The molecule has 4 rings (SSSR count). The Morgan fingerprint density at radius 2 is 1.82 bits per heavy atom. The number of benzene rings is 2. The Balaban J connectivity index is 2.07. The lowest BCUT2D eigenvalue weighted by molar-refractivity contribution is -0.663. The van der Waals surface area contributed by atoms with Gasteiger partial charge in [-0.2, -0.15) is 15.1 Å². The molecule has 5 nitrogen and oxygen atoms in total. The molecule has 5 heteroatoms. The van der Waals surface area contributed by atoms with Crippen LogP contribution in [0.25, 0.3) is 22.6 Å². The van der Waals surface area contributed by atoms with Gasteiger partial charge in [-0.15, -0.1) is 0 Å². The van der Waals surface area contributed by atoms with Gasteiger partial charge in [0.25, 0.3) is 5.52 Å². The molecule has 0 aliphatic carbocycles. The fourth-order valence-corrected chi connectivity index (χ4v) is 2.75. The van der Waals surface area contributed by atoms with Crippen LogP contribution in [0.5, 0.6) is 5.75 Å². The van der Waals surface area contributed by atoms with Crippen molar-refractivity contribution in [2.75, 3.05) is 6.61 Å². The average molecular weight is 288 g/mol. The van der Waals surface area contributed by atoms with Crippen LogP contribution >= 0.6 is 0 Å². The van der Waals surface area contributed by atoms with Gasteiger partial charge in [0.15, 0.2) is 6.54 Å². The van der Waals surface area contributed by atoms with Crippen LogP contribution in [0.3, 0.4) is 0 Å². The molecule has 1 aliphatic heterocycles. The summed E-state index contributed by atoms with van der Waals surface area (Å²) in [6, 6.07) is 15.1. The predicted octanol–water partition coefficient (Wildman–Crippen LogP) is 2.52. The van der Waals surface area contributed by atoms with Crippen LogP contribution in [0.2, 0.25) is 0 Å². The zero-order chi connectivity index (χ0) is 15.1. The van der Waals surface area contributed by atoms with Gasteiger partial charge in [0.2, 0.25) is 5.58 Å². The molecule has 22 heavy (non-hydrogen) atoms. The van der Waals surface area contributed by atoms with Crippen LogP contribution < -0.4 is 9.30 Å². The van der Waals surface area contributed by atoms with Crippen LogP contribution in [-0.2, 0) is 6.54 Å². The van der Waals surface area contributed by atoms with Crippen molar-refractivity contribution < 1.29 is 13.7 Å². The first-order chi connectivity index (χ1) is 10.8. The quantitative estimate of drug-likeness (QED) is 0.596. The number of hydrogen-bond donors (Lipinski definition) is 0. The van der Waals surface area contributed by atoms with E-state index in [0.29, 0.717) is 35.8 Å². The van der Waals surface area contributed by atoms with E-state index in [0.717, 1.165) is 16.8 Å². The third kappa shape index (κ3) is 1.66. The molecule has 0 amide bonds. The number of para-hydroxylation sites is 1. The van der Waals surface area contributed by atoms with Crippen LogP contribution in [0, 0.1) is 22.7 Å². The molecule has 0 N–H and O–H groups in total. The lowest BCUT2D eigenvalue weighted by Crippen LogP contribution is -2.36. The predicted molar refractivity (Wildman–Crippen MR) is 76.8 cm³/mol. The standard InChI is InChI=1S/C17H10N3O2/c18-9-11-7-14-16(8-12(11)10-19)22-17-13-3-1-2-4-15(13)21-6-5-20(14)17/h1-4,7-8H,5-6H2/q+1. The SMILES string of the molecule is N#Cc1cc2oc3[n+](c2cc1C#N)CCOc1ccccc1-3. The Kier molecular flexibility index (Phi) is 2.61. The second-order valence-corrected chi connectivity index (χ2v) is 4.99. The molecule has 2 heterocycles. The molecule has 0 spiro atoms. The highest BCUT2D eigenvalue weighted by Gasteiger charge is 2.30. The molecule has 104 valence electrons. The van der Waals surface area contributed by atoms with Crippen LogP contribution in [0.1, 0.15) is 11.1 Å². The van der Waals surface area contributed by atoms with E-state index in [1.807, 2.05) is 34.9 Å². The second-order valence-electron chi connectivity index (χ2n) is 4.99. The molecule has 0 bridgehead atoms. The molecule has 0 unspecified atom stereocenters. The maximum Gasteiger partial charge on any atom is 0.385 e. The number of nitriles is 2. The Morgan fingerprint density at radius 1 is 1.05 bits per heavy atom. The van der Waals surface area contributed by atoms with Gasteiger partial charge >= 0.3 is 5.89 Å². The summed E-state index contributed by atoms with van der Waals surface area (Å²) in [5.41, 5.74) is 2.94. The van der Waals surface area contributed by atoms with Crippen LogP contribution in [0.4, 0.5) is 0 Å². The normalized spacial score (nSPS) is 12.5. The summed E-state index contributed by atoms with van der Waals surface area (Å²) in [4.78, 5) is 0. The van der Waals surface area contributed by atoms with Gasteiger partial charge in [0, 0.05) is 12.1 Å². The third-order valence-electron chi connectivity index (χ3n) is 3.77. The minimum atomic E-state index is 0.323. The Morgan fingerprint density at radius 3 is 2.64 bits per heavy atom. The minimum Gasteiger partial charge on any atom is -0.486 e. The van der Waals surface area contributed by atoms with Gasteiger partial charge in [-0.05, 0) is 12.1 Å². The van der Waals surface area contributed by atoms with E-state index in [2.05, 4.69) is 6.07 Å². The summed E-state index contributed by atoms with van der Waals surface area (Å²) in [6.07, 6.45) is 0. The van der Waals surface area contributed by atoms with E-state index < -0.39 is 0 Å². The monoisotopic (exact) mass is 288 g/mol. The topological polar surface area (TPSA) is 73.8 Å². The molecule has 3 aromatic rings. The van der Waals surface area contributed by atoms with Crippen molar-refractivity contribution in [2.45, 2.75) is 6.54 Å². The third-order valence-corrected chi connectivity index (χ3v) is 3.77. The summed E-state index contributed by atoms with van der Waals surface area (Å²) in [5, 5.41) is 18.3. The van der Waals surface area contributed by atoms with Crippen molar-refractivity contribution in [1.29, 1.82) is 10.5 Å². The van der Waals surface area contributed by atoms with E-state index in [1.54, 1.807) is 12.1 Å². The van der Waals surface area contributed by atoms with E-state index in [4.69, 9.17) is 14.4 Å². The second kappa shape index (κ2) is 4.61. The number of oxazole rings is 1. The average Bonchev–Trinajstić information content (AvgIpc) is 2.81. The molecular weight excluding hydrogens is 278 g/mol. The molecule has 0 saturated heterocycles. The molecule has 0 radical (unpaired) electrons. The molecule has 0 saturated carbocycles. The molecule has 1 aliphatic rings. The lowest BCUT2D eigenvalue weighted by Gasteiger charge is -2.01. The van der Waals surface area contributed by atoms with Gasteiger partial charge < -0.3 is 9.15 Å². The Hall–Kier alpha value is -3.31. The van der Waals surface area contributed by atoms with E-state index in [9.17, 15) is 5.26 Å². The smallest absolute Gasteiger partial charge is 0.385 e. The highest BCUT2D eigenvalue weighted by Crippen LogP contribution is 2.32. The lowest BCUT2D eigenvalue weighted by atomic mass is 10.1. The van der Waals surface area contributed by atoms with E-state index >= 15 is 0 Å². The highest BCUT2D eigenvalue weighted by atomic mass is 16.5.